The molecule has 8 nitrogen and oxygen atoms in total. The summed E-state index contributed by atoms with van der Waals surface area (Å²) in [5, 5.41) is 3.71. The lowest BCUT2D eigenvalue weighted by molar-refractivity contribution is 0.0543. The molecule has 190 valence electrons. The quantitative estimate of drug-likeness (QED) is 0.446. The molecule has 3 heterocycles. The summed E-state index contributed by atoms with van der Waals surface area (Å²) >= 11 is 0. The number of hydrogen-bond acceptors (Lipinski definition) is 8. The topological polar surface area (TPSA) is 94.8 Å². The van der Waals surface area contributed by atoms with Gasteiger partial charge >= 0.3 is 0 Å². The second-order valence-corrected chi connectivity index (χ2v) is 9.46. The number of fused-ring (bicyclic) bond motifs is 1. The van der Waals surface area contributed by atoms with Crippen LogP contribution in [0.5, 0.6) is 5.75 Å². The van der Waals surface area contributed by atoms with Gasteiger partial charge in [-0.05, 0) is 36.1 Å². The lowest BCUT2D eigenvalue weighted by Gasteiger charge is -2.38. The van der Waals surface area contributed by atoms with Crippen molar-refractivity contribution in [3.8, 4) is 5.75 Å². The van der Waals surface area contributed by atoms with Crippen LogP contribution >= 0.6 is 0 Å². The molecule has 1 aromatic heterocycles. The van der Waals surface area contributed by atoms with Crippen LogP contribution in [0.4, 0.5) is 11.8 Å². The van der Waals surface area contributed by atoms with E-state index in [1.165, 1.54) is 11.1 Å². The maximum absolute atomic E-state index is 5.97. The smallest absolute Gasteiger partial charge is 0.227 e. The minimum atomic E-state index is -0.0526. The van der Waals surface area contributed by atoms with Gasteiger partial charge in [0.1, 0.15) is 11.6 Å². The summed E-state index contributed by atoms with van der Waals surface area (Å²) in [6, 6.07) is 18.8. The maximum Gasteiger partial charge on any atom is 0.227 e. The van der Waals surface area contributed by atoms with Crippen molar-refractivity contribution >= 4 is 11.8 Å². The van der Waals surface area contributed by atoms with Crippen molar-refractivity contribution in [2.24, 2.45) is 5.73 Å². The van der Waals surface area contributed by atoms with Crippen LogP contribution in [-0.4, -0.2) is 49.9 Å². The fraction of sp³-hybridized carbons (Fsp3) is 0.429. The predicted octanol–water partition coefficient (Wildman–Crippen LogP) is 3.64. The number of nitrogens with one attached hydrogen (secondary N) is 1. The van der Waals surface area contributed by atoms with Crippen LogP contribution in [0.3, 0.4) is 0 Å². The van der Waals surface area contributed by atoms with E-state index in [4.69, 9.17) is 29.9 Å². The second-order valence-electron chi connectivity index (χ2n) is 9.46. The third-order valence-electron chi connectivity index (χ3n) is 7.21. The highest BCUT2D eigenvalue weighted by Gasteiger charge is 2.35. The van der Waals surface area contributed by atoms with Crippen LogP contribution < -0.4 is 20.7 Å². The van der Waals surface area contributed by atoms with Gasteiger partial charge in [0.05, 0.1) is 26.0 Å². The summed E-state index contributed by atoms with van der Waals surface area (Å²) < 4.78 is 16.9. The summed E-state index contributed by atoms with van der Waals surface area (Å²) in [6.07, 6.45) is 1.88. The van der Waals surface area contributed by atoms with Crippen molar-refractivity contribution in [1.82, 2.24) is 9.97 Å². The van der Waals surface area contributed by atoms with Gasteiger partial charge in [0, 0.05) is 50.4 Å². The summed E-state index contributed by atoms with van der Waals surface area (Å²) in [5.74, 6) is 2.39. The van der Waals surface area contributed by atoms with Gasteiger partial charge in [-0.15, -0.1) is 0 Å². The molecule has 0 bridgehead atoms. The molecule has 3 aromatic rings. The van der Waals surface area contributed by atoms with Crippen LogP contribution in [-0.2, 0) is 34.6 Å². The normalized spacial score (nSPS) is 16.4. The Kier molecular flexibility index (Phi) is 7.65. The molecule has 2 aromatic carbocycles. The fourth-order valence-electron chi connectivity index (χ4n) is 5.06. The van der Waals surface area contributed by atoms with E-state index < -0.39 is 0 Å². The first-order valence-electron chi connectivity index (χ1n) is 12.6. The Hall–Kier alpha value is -3.20. The molecule has 2 aliphatic heterocycles. The number of anilines is 2. The van der Waals surface area contributed by atoms with Crippen LogP contribution in [0, 0.1) is 0 Å². The van der Waals surface area contributed by atoms with Crippen molar-refractivity contribution in [3.63, 3.8) is 0 Å². The zero-order chi connectivity index (χ0) is 24.8. The van der Waals surface area contributed by atoms with E-state index in [-0.39, 0.29) is 5.41 Å². The third kappa shape index (κ3) is 5.31. The lowest BCUT2D eigenvalue weighted by atomic mass is 9.74. The van der Waals surface area contributed by atoms with Gasteiger partial charge in [0.2, 0.25) is 5.95 Å². The number of nitrogens with zero attached hydrogens (tertiary/aromatic N) is 3. The van der Waals surface area contributed by atoms with E-state index in [2.05, 4.69) is 34.5 Å². The predicted molar refractivity (Wildman–Crippen MR) is 140 cm³/mol. The van der Waals surface area contributed by atoms with E-state index in [0.29, 0.717) is 38.8 Å². The molecule has 0 aliphatic carbocycles. The number of benzene rings is 2. The molecule has 36 heavy (non-hydrogen) atoms. The van der Waals surface area contributed by atoms with Gasteiger partial charge in [-0.3, -0.25) is 0 Å². The zero-order valence-electron chi connectivity index (χ0n) is 20.9. The molecule has 5 rings (SSSR count). The highest BCUT2D eigenvalue weighted by molar-refractivity contribution is 5.53. The Morgan fingerprint density at radius 2 is 1.78 bits per heavy atom. The maximum atomic E-state index is 5.97. The second kappa shape index (κ2) is 11.2. The Morgan fingerprint density at radius 3 is 2.50 bits per heavy atom. The molecule has 0 saturated carbocycles. The van der Waals surface area contributed by atoms with Crippen molar-refractivity contribution in [2.45, 2.75) is 38.0 Å². The number of aromatic nitrogens is 2. The van der Waals surface area contributed by atoms with Gasteiger partial charge < -0.3 is 30.2 Å². The molecule has 8 heteroatoms. The lowest BCUT2D eigenvalue weighted by Crippen LogP contribution is -2.40. The minimum Gasteiger partial charge on any atom is -0.497 e. The molecule has 3 N–H and O–H groups in total. The highest BCUT2D eigenvalue weighted by atomic mass is 16.5. The monoisotopic (exact) mass is 489 g/mol. The van der Waals surface area contributed by atoms with E-state index in [1.54, 1.807) is 7.11 Å². The molecule has 1 fully saturated rings. The van der Waals surface area contributed by atoms with Crippen molar-refractivity contribution < 1.29 is 14.2 Å². The van der Waals surface area contributed by atoms with Gasteiger partial charge in [-0.25, -0.2) is 4.98 Å². The number of rotatable bonds is 10. The number of hydrogen-bond donors (Lipinski definition) is 2. The largest absolute Gasteiger partial charge is 0.497 e. The van der Waals surface area contributed by atoms with E-state index in [9.17, 15) is 0 Å². The zero-order valence-corrected chi connectivity index (χ0v) is 20.9. The molecule has 2 aliphatic rings. The molecule has 0 radical (unpaired) electrons. The molecular weight excluding hydrogens is 454 g/mol. The SMILES string of the molecule is COc1ccc(C2(CNc3nc(N(CCN)Cc4ccccc4)nc4c3COC4)CCOCC2)cc1. The van der Waals surface area contributed by atoms with Crippen LogP contribution in [0.15, 0.2) is 54.6 Å². The Labute approximate surface area is 212 Å². The van der Waals surface area contributed by atoms with E-state index in [0.717, 1.165) is 55.4 Å². The summed E-state index contributed by atoms with van der Waals surface area (Å²) in [6.45, 7) is 5.14. The molecule has 0 unspecified atom stereocenters. The summed E-state index contributed by atoms with van der Waals surface area (Å²) in [4.78, 5) is 12.0. The first-order chi connectivity index (χ1) is 17.7. The Morgan fingerprint density at radius 1 is 1.00 bits per heavy atom. The average Bonchev–Trinajstić information content (AvgIpc) is 3.42. The number of ether oxygens (including phenoxy) is 3. The van der Waals surface area contributed by atoms with Crippen molar-refractivity contribution in [1.29, 1.82) is 0 Å². The highest BCUT2D eigenvalue weighted by Crippen LogP contribution is 2.37. The molecule has 0 amide bonds. The van der Waals surface area contributed by atoms with Gasteiger partial charge in [-0.1, -0.05) is 42.5 Å². The standard InChI is InChI=1S/C28H35N5O3/c1-34-23-9-7-22(8-10-23)28(11-15-35-16-12-28)20-30-26-24-18-36-19-25(24)31-27(32-26)33(14-13-29)17-21-5-3-2-4-6-21/h2-10H,11-20,29H2,1H3,(H,30,31,32). The molecule has 0 atom stereocenters. The average molecular weight is 490 g/mol. The minimum absolute atomic E-state index is 0.0526. The van der Waals surface area contributed by atoms with Gasteiger partial charge in [0.25, 0.3) is 0 Å². The van der Waals surface area contributed by atoms with Crippen LogP contribution in [0.2, 0.25) is 0 Å². The van der Waals surface area contributed by atoms with E-state index >= 15 is 0 Å². The van der Waals surface area contributed by atoms with Crippen molar-refractivity contribution in [2.75, 3.05) is 50.2 Å². The molecule has 0 spiro atoms. The Bertz CT molecular complexity index is 1130. The van der Waals surface area contributed by atoms with Crippen LogP contribution in [0.1, 0.15) is 35.2 Å². The van der Waals surface area contributed by atoms with Crippen LogP contribution in [0.25, 0.3) is 0 Å². The number of nitrogens with two attached hydrogens (primary N) is 1. The summed E-state index contributed by atoms with van der Waals surface area (Å²) in [7, 11) is 1.70. The summed E-state index contributed by atoms with van der Waals surface area (Å²) in [5.41, 5.74) is 10.4. The molecule has 1 saturated heterocycles. The third-order valence-corrected chi connectivity index (χ3v) is 7.21. The number of methoxy groups -OCH3 is 1. The van der Waals surface area contributed by atoms with Gasteiger partial charge in [-0.2, -0.15) is 4.98 Å². The molecular formula is C28H35N5O3. The van der Waals surface area contributed by atoms with Crippen molar-refractivity contribution in [3.05, 3.63) is 77.0 Å². The fourth-order valence-corrected chi connectivity index (χ4v) is 5.06. The first kappa shape index (κ1) is 24.5. The first-order valence-corrected chi connectivity index (χ1v) is 12.6. The van der Waals surface area contributed by atoms with E-state index in [1.807, 2.05) is 30.3 Å². The van der Waals surface area contributed by atoms with Gasteiger partial charge in [0.15, 0.2) is 0 Å². The Balaban J connectivity index is 1.43.